The molecule has 1 aromatic heterocycles. The Morgan fingerprint density at radius 1 is 0.852 bits per heavy atom. The number of Topliss-reactive ketones (excluding diaryl/α,β-unsaturated/α-hetero) is 2. The standard InChI is InChI=1S/C41H62N6O7/c1-8-14-28(34(49)39(53)43-27-19-20-27)44-36(50)30-21-26-17-12-13-18-29(26)47(30)40(54)35(41(5,6)7)46-37(51)32(25-15-10-9-11-16-25)45-38(52)33-31(24(4)48)22(2)23(3)42-33/h25-30,32,35,42H,8-21H2,1-7H3,(H,43,53)(H,44,50)(H,45,52)(H,46,51)/t26?,28-,29?,30-,32-,35+/m0/s1. The van der Waals surface area contributed by atoms with Gasteiger partial charge in [-0.2, -0.15) is 0 Å². The number of ketones is 2. The number of aromatic nitrogens is 1. The van der Waals surface area contributed by atoms with E-state index >= 15 is 0 Å². The number of carbonyl (C=O) groups excluding carboxylic acids is 7. The van der Waals surface area contributed by atoms with E-state index in [1.54, 1.807) is 18.7 Å². The minimum absolute atomic E-state index is 0.000881. The van der Waals surface area contributed by atoms with Gasteiger partial charge in [-0.25, -0.2) is 0 Å². The quantitative estimate of drug-likeness (QED) is 0.138. The zero-order chi connectivity index (χ0) is 39.5. The molecule has 6 atom stereocenters. The molecule has 4 fully saturated rings. The second-order valence-corrected chi connectivity index (χ2v) is 17.4. The number of aryl methyl sites for hydroxylation is 1. The molecule has 2 heterocycles. The first-order chi connectivity index (χ1) is 25.5. The van der Waals surface area contributed by atoms with Crippen molar-refractivity contribution in [3.05, 3.63) is 22.5 Å². The van der Waals surface area contributed by atoms with Gasteiger partial charge in [0.15, 0.2) is 5.78 Å². The molecule has 1 aliphatic heterocycles. The lowest BCUT2D eigenvalue weighted by atomic mass is 9.81. The van der Waals surface area contributed by atoms with Crippen molar-refractivity contribution in [2.45, 2.75) is 175 Å². The summed E-state index contributed by atoms with van der Waals surface area (Å²) < 4.78 is 0. The first-order valence-corrected chi connectivity index (χ1v) is 20.3. The molecule has 13 nitrogen and oxygen atoms in total. The normalized spacial score (nSPS) is 23.4. The molecule has 0 aromatic carbocycles. The van der Waals surface area contributed by atoms with E-state index in [0.717, 1.165) is 70.6 Å². The molecule has 5 amide bonds. The van der Waals surface area contributed by atoms with Crippen LogP contribution in [0.15, 0.2) is 0 Å². The molecule has 1 saturated heterocycles. The molecule has 5 rings (SSSR count). The summed E-state index contributed by atoms with van der Waals surface area (Å²) in [6, 6.07) is -4.08. The zero-order valence-corrected chi connectivity index (χ0v) is 33.3. The van der Waals surface area contributed by atoms with Crippen LogP contribution >= 0.6 is 0 Å². The van der Waals surface area contributed by atoms with E-state index in [4.69, 9.17) is 0 Å². The molecule has 54 heavy (non-hydrogen) atoms. The highest BCUT2D eigenvalue weighted by Crippen LogP contribution is 2.41. The van der Waals surface area contributed by atoms with Gasteiger partial charge in [0.25, 0.3) is 11.8 Å². The molecule has 3 aliphatic carbocycles. The Morgan fingerprint density at radius 3 is 2.11 bits per heavy atom. The summed E-state index contributed by atoms with van der Waals surface area (Å²) in [6.45, 7) is 12.5. The molecule has 2 unspecified atom stereocenters. The second kappa shape index (κ2) is 17.2. The summed E-state index contributed by atoms with van der Waals surface area (Å²) in [7, 11) is 0. The number of rotatable bonds is 14. The van der Waals surface area contributed by atoms with Crippen molar-refractivity contribution < 1.29 is 33.6 Å². The molecule has 0 bridgehead atoms. The summed E-state index contributed by atoms with van der Waals surface area (Å²) in [6.07, 6.45) is 10.7. The zero-order valence-electron chi connectivity index (χ0n) is 33.3. The maximum Gasteiger partial charge on any atom is 0.289 e. The van der Waals surface area contributed by atoms with Crippen LogP contribution < -0.4 is 21.3 Å². The Bertz CT molecular complexity index is 1620. The topological polar surface area (TPSA) is 187 Å². The lowest BCUT2D eigenvalue weighted by Gasteiger charge is -2.40. The number of carbonyl (C=O) groups is 7. The van der Waals surface area contributed by atoms with Gasteiger partial charge in [-0.1, -0.05) is 66.2 Å². The molecular formula is C41H62N6O7. The van der Waals surface area contributed by atoms with Gasteiger partial charge in [0.05, 0.1) is 11.6 Å². The van der Waals surface area contributed by atoms with Gasteiger partial charge < -0.3 is 31.2 Å². The van der Waals surface area contributed by atoms with Gasteiger partial charge in [0.1, 0.15) is 23.8 Å². The summed E-state index contributed by atoms with van der Waals surface area (Å²) in [5.74, 6) is -3.59. The van der Waals surface area contributed by atoms with Crippen LogP contribution in [0.4, 0.5) is 0 Å². The summed E-state index contributed by atoms with van der Waals surface area (Å²) in [4.78, 5) is 101. The molecule has 13 heteroatoms. The number of likely N-dealkylation sites (tertiary alicyclic amines) is 1. The second-order valence-electron chi connectivity index (χ2n) is 17.4. The van der Waals surface area contributed by atoms with Crippen molar-refractivity contribution in [3.8, 4) is 0 Å². The molecular weight excluding hydrogens is 688 g/mol. The number of amides is 5. The van der Waals surface area contributed by atoms with E-state index in [-0.39, 0.29) is 41.3 Å². The van der Waals surface area contributed by atoms with E-state index in [1.165, 1.54) is 6.92 Å². The van der Waals surface area contributed by atoms with Crippen LogP contribution in [0.5, 0.6) is 0 Å². The van der Waals surface area contributed by atoms with E-state index in [9.17, 15) is 33.6 Å². The van der Waals surface area contributed by atoms with E-state index < -0.39 is 59.0 Å². The monoisotopic (exact) mass is 750 g/mol. The maximum atomic E-state index is 15.0. The summed E-state index contributed by atoms with van der Waals surface area (Å²) in [5.41, 5.74) is 1.01. The van der Waals surface area contributed by atoms with Gasteiger partial charge in [-0.15, -0.1) is 0 Å². The van der Waals surface area contributed by atoms with Gasteiger partial charge in [0.2, 0.25) is 23.5 Å². The molecule has 298 valence electrons. The Balaban J connectivity index is 1.41. The highest BCUT2D eigenvalue weighted by Gasteiger charge is 2.51. The first-order valence-electron chi connectivity index (χ1n) is 20.3. The van der Waals surface area contributed by atoms with Gasteiger partial charge in [-0.3, -0.25) is 33.6 Å². The van der Waals surface area contributed by atoms with Crippen molar-refractivity contribution in [2.24, 2.45) is 17.3 Å². The number of hydrogen-bond donors (Lipinski definition) is 5. The highest BCUT2D eigenvalue weighted by atomic mass is 16.2. The number of fused-ring (bicyclic) bond motifs is 1. The molecule has 0 radical (unpaired) electrons. The third kappa shape index (κ3) is 9.25. The number of aromatic amines is 1. The van der Waals surface area contributed by atoms with Crippen molar-refractivity contribution in [1.29, 1.82) is 0 Å². The number of H-pyrrole nitrogens is 1. The van der Waals surface area contributed by atoms with Crippen LogP contribution in [-0.2, 0) is 24.0 Å². The van der Waals surface area contributed by atoms with Crippen LogP contribution in [-0.4, -0.2) is 87.2 Å². The SMILES string of the molecule is CCC[C@H](NC(=O)[C@@H]1CC2CCCCC2N1C(=O)[C@@H](NC(=O)[C@@H](NC(=O)c1[nH]c(C)c(C)c1C(C)=O)C1CCCCC1)C(C)(C)C)C(=O)C(=O)NC1CC1. The van der Waals surface area contributed by atoms with Gasteiger partial charge >= 0.3 is 0 Å². The van der Waals surface area contributed by atoms with Gasteiger partial charge in [-0.05, 0) is 95.0 Å². The average Bonchev–Trinajstić information content (AvgIpc) is 3.77. The summed E-state index contributed by atoms with van der Waals surface area (Å²) >= 11 is 0. The molecule has 0 spiro atoms. The maximum absolute atomic E-state index is 15.0. The van der Waals surface area contributed by atoms with Crippen LogP contribution in [0.25, 0.3) is 0 Å². The minimum atomic E-state index is -1.04. The lowest BCUT2D eigenvalue weighted by molar-refractivity contribution is -0.147. The fourth-order valence-electron chi connectivity index (χ4n) is 8.92. The minimum Gasteiger partial charge on any atom is -0.354 e. The number of nitrogens with one attached hydrogen (secondary N) is 5. The van der Waals surface area contributed by atoms with Crippen molar-refractivity contribution in [2.75, 3.05) is 0 Å². The molecule has 1 aromatic rings. The molecule has 5 N–H and O–H groups in total. The van der Waals surface area contributed by atoms with Crippen LogP contribution in [0, 0.1) is 31.1 Å². The predicted molar refractivity (Wildman–Crippen MR) is 203 cm³/mol. The van der Waals surface area contributed by atoms with Crippen molar-refractivity contribution in [1.82, 2.24) is 31.2 Å². The molecule has 4 aliphatic rings. The van der Waals surface area contributed by atoms with Crippen LogP contribution in [0.3, 0.4) is 0 Å². The Hall–Kier alpha value is -4.03. The van der Waals surface area contributed by atoms with E-state index in [0.29, 0.717) is 36.1 Å². The van der Waals surface area contributed by atoms with Crippen molar-refractivity contribution >= 4 is 41.1 Å². The van der Waals surface area contributed by atoms with Crippen molar-refractivity contribution in [3.63, 3.8) is 0 Å². The fourth-order valence-corrected chi connectivity index (χ4v) is 8.92. The predicted octanol–water partition coefficient (Wildman–Crippen LogP) is 4.34. The Kier molecular flexibility index (Phi) is 13.1. The largest absolute Gasteiger partial charge is 0.354 e. The number of hydrogen-bond acceptors (Lipinski definition) is 7. The highest BCUT2D eigenvalue weighted by molar-refractivity contribution is 6.38. The van der Waals surface area contributed by atoms with E-state index in [1.807, 2.05) is 27.7 Å². The van der Waals surface area contributed by atoms with Gasteiger partial charge in [0, 0.05) is 17.8 Å². The Labute approximate surface area is 319 Å². The smallest absolute Gasteiger partial charge is 0.289 e. The van der Waals surface area contributed by atoms with E-state index in [2.05, 4.69) is 26.3 Å². The number of nitrogens with zero attached hydrogens (tertiary/aromatic N) is 1. The fraction of sp³-hybridized carbons (Fsp3) is 0.732. The van der Waals surface area contributed by atoms with Crippen LogP contribution in [0.2, 0.25) is 0 Å². The third-order valence-electron chi connectivity index (χ3n) is 12.2. The lowest BCUT2D eigenvalue weighted by Crippen LogP contribution is -2.63. The summed E-state index contributed by atoms with van der Waals surface area (Å²) in [5, 5.41) is 11.6. The van der Waals surface area contributed by atoms with Crippen LogP contribution in [0.1, 0.15) is 157 Å². The third-order valence-corrected chi connectivity index (χ3v) is 12.2. The Morgan fingerprint density at radius 2 is 1.50 bits per heavy atom. The first kappa shape index (κ1) is 41.1. The average molecular weight is 751 g/mol. The molecule has 3 saturated carbocycles.